The number of nitrogens with zero attached hydrogens (tertiary/aromatic N) is 3. The fraction of sp³-hybridized carbons (Fsp3) is 0.571. The van der Waals surface area contributed by atoms with Gasteiger partial charge < -0.3 is 14.2 Å². The smallest absolute Gasteiger partial charge is 0.270 e. The summed E-state index contributed by atoms with van der Waals surface area (Å²) in [5.74, 6) is 0.744. The summed E-state index contributed by atoms with van der Waals surface area (Å²) in [6.45, 7) is 6.10. The number of aryl methyl sites for hydroxylation is 1. The summed E-state index contributed by atoms with van der Waals surface area (Å²) >= 11 is 1.70. The molecule has 146 valence electrons. The molecular formula is C21H29N3O2S. The summed E-state index contributed by atoms with van der Waals surface area (Å²) in [4.78, 5) is 17.9. The summed E-state index contributed by atoms with van der Waals surface area (Å²) in [5, 5.41) is 2.09. The molecule has 1 fully saturated rings. The number of hydrogen-bond donors (Lipinski definition) is 0. The normalized spacial score (nSPS) is 21.0. The molecule has 2 aromatic heterocycles. The van der Waals surface area contributed by atoms with Gasteiger partial charge in [-0.05, 0) is 42.7 Å². The molecule has 0 unspecified atom stereocenters. The number of amides is 1. The minimum atomic E-state index is 0.170. The first-order valence-electron chi connectivity index (χ1n) is 9.99. The van der Waals surface area contributed by atoms with Gasteiger partial charge in [0, 0.05) is 39.8 Å². The van der Waals surface area contributed by atoms with Crippen LogP contribution in [0.1, 0.15) is 29.8 Å². The van der Waals surface area contributed by atoms with Crippen molar-refractivity contribution in [1.82, 2.24) is 14.4 Å². The van der Waals surface area contributed by atoms with Crippen LogP contribution in [0.25, 0.3) is 10.2 Å². The number of carbonyl (C=O) groups is 1. The summed E-state index contributed by atoms with van der Waals surface area (Å²) in [7, 11) is 2.01. The van der Waals surface area contributed by atoms with Crippen LogP contribution in [0, 0.1) is 5.92 Å². The number of thiophene rings is 1. The highest BCUT2D eigenvalue weighted by Crippen LogP contribution is 2.26. The molecule has 3 heterocycles. The van der Waals surface area contributed by atoms with Crippen LogP contribution in [-0.2, 0) is 11.8 Å². The van der Waals surface area contributed by atoms with Crippen LogP contribution in [0.4, 0.5) is 0 Å². The Kier molecular flexibility index (Phi) is 5.95. The number of fused-ring (bicyclic) bond motifs is 1. The van der Waals surface area contributed by atoms with Gasteiger partial charge in [-0.3, -0.25) is 9.69 Å². The first-order chi connectivity index (χ1) is 13.2. The van der Waals surface area contributed by atoms with E-state index >= 15 is 0 Å². The van der Waals surface area contributed by atoms with E-state index in [0.29, 0.717) is 5.92 Å². The fourth-order valence-corrected chi connectivity index (χ4v) is 4.96. The third-order valence-electron chi connectivity index (χ3n) is 5.82. The molecule has 1 aliphatic heterocycles. The second-order valence-corrected chi connectivity index (χ2v) is 8.56. The molecule has 0 bridgehead atoms. The van der Waals surface area contributed by atoms with E-state index in [1.807, 2.05) is 7.05 Å². The second-order valence-electron chi connectivity index (χ2n) is 7.61. The first kappa shape index (κ1) is 18.7. The van der Waals surface area contributed by atoms with E-state index < -0.39 is 0 Å². The van der Waals surface area contributed by atoms with Gasteiger partial charge in [0.15, 0.2) is 0 Å². The lowest BCUT2D eigenvalue weighted by Gasteiger charge is -2.32. The maximum atomic E-state index is 13.4. The molecular weight excluding hydrogens is 358 g/mol. The van der Waals surface area contributed by atoms with Gasteiger partial charge >= 0.3 is 0 Å². The van der Waals surface area contributed by atoms with Crippen molar-refractivity contribution in [3.63, 3.8) is 0 Å². The van der Waals surface area contributed by atoms with E-state index in [4.69, 9.17) is 4.74 Å². The van der Waals surface area contributed by atoms with Crippen molar-refractivity contribution in [2.75, 3.05) is 45.9 Å². The summed E-state index contributed by atoms with van der Waals surface area (Å²) in [5.41, 5.74) is 1.96. The van der Waals surface area contributed by atoms with Gasteiger partial charge in [-0.25, -0.2) is 0 Å². The maximum Gasteiger partial charge on any atom is 0.270 e. The van der Waals surface area contributed by atoms with Gasteiger partial charge in [0.1, 0.15) is 5.69 Å². The highest BCUT2D eigenvalue weighted by atomic mass is 32.1. The fourth-order valence-electron chi connectivity index (χ4n) is 4.11. The van der Waals surface area contributed by atoms with E-state index in [1.165, 1.54) is 11.1 Å². The zero-order valence-electron chi connectivity index (χ0n) is 16.1. The zero-order valence-corrected chi connectivity index (χ0v) is 16.9. The van der Waals surface area contributed by atoms with Crippen LogP contribution in [0.2, 0.25) is 0 Å². The van der Waals surface area contributed by atoms with E-state index in [1.54, 1.807) is 11.3 Å². The predicted molar refractivity (Wildman–Crippen MR) is 110 cm³/mol. The van der Waals surface area contributed by atoms with Gasteiger partial charge in [0.2, 0.25) is 0 Å². The molecule has 2 aromatic rings. The molecule has 5 nitrogen and oxygen atoms in total. The number of morpholine rings is 1. The van der Waals surface area contributed by atoms with E-state index in [0.717, 1.165) is 70.0 Å². The van der Waals surface area contributed by atoms with Crippen LogP contribution in [0.5, 0.6) is 0 Å². The van der Waals surface area contributed by atoms with Crippen LogP contribution in [-0.4, -0.2) is 66.2 Å². The van der Waals surface area contributed by atoms with Gasteiger partial charge in [0.05, 0.1) is 23.4 Å². The topological polar surface area (TPSA) is 37.7 Å². The van der Waals surface area contributed by atoms with Gasteiger partial charge in [-0.1, -0.05) is 12.2 Å². The van der Waals surface area contributed by atoms with Crippen molar-refractivity contribution in [3.8, 4) is 0 Å². The maximum absolute atomic E-state index is 13.4. The summed E-state index contributed by atoms with van der Waals surface area (Å²) < 4.78 is 8.70. The van der Waals surface area contributed by atoms with Gasteiger partial charge in [0.25, 0.3) is 5.91 Å². The Morgan fingerprint density at radius 3 is 2.93 bits per heavy atom. The molecule has 1 aliphatic carbocycles. The Morgan fingerprint density at radius 2 is 2.19 bits per heavy atom. The minimum absolute atomic E-state index is 0.170. The largest absolute Gasteiger partial charge is 0.379 e. The number of ether oxygens (including phenoxy) is 1. The molecule has 0 aromatic carbocycles. The standard InChI is InChI=1S/C21H29N3O2S/c1-22-18-7-14-27-20(18)15-19(22)21(25)24(16-17-5-3-2-4-6-17)9-8-23-10-12-26-13-11-23/h2-3,7,14-15,17H,4-6,8-13,16H2,1H3/t17-/m1/s1. The zero-order chi connectivity index (χ0) is 18.6. The van der Waals surface area contributed by atoms with E-state index in [9.17, 15) is 4.79 Å². The van der Waals surface area contributed by atoms with Crippen molar-refractivity contribution < 1.29 is 9.53 Å². The second kappa shape index (κ2) is 8.59. The van der Waals surface area contributed by atoms with Gasteiger partial charge in [-0.15, -0.1) is 11.3 Å². The number of carbonyl (C=O) groups excluding carboxylic acids is 1. The van der Waals surface area contributed by atoms with Crippen molar-refractivity contribution >= 4 is 27.5 Å². The van der Waals surface area contributed by atoms with Crippen molar-refractivity contribution in [1.29, 1.82) is 0 Å². The molecule has 1 saturated heterocycles. The Bertz CT molecular complexity index is 804. The molecule has 27 heavy (non-hydrogen) atoms. The Labute approximate surface area is 165 Å². The molecule has 6 heteroatoms. The molecule has 1 atom stereocenters. The van der Waals surface area contributed by atoms with Crippen LogP contribution in [0.15, 0.2) is 29.7 Å². The monoisotopic (exact) mass is 387 g/mol. The number of rotatable bonds is 6. The quantitative estimate of drug-likeness (QED) is 0.713. The molecule has 0 N–H and O–H groups in total. The summed E-state index contributed by atoms with van der Waals surface area (Å²) in [6.07, 6.45) is 7.94. The average molecular weight is 388 g/mol. The molecule has 0 radical (unpaired) electrons. The van der Waals surface area contributed by atoms with Crippen LogP contribution in [0.3, 0.4) is 0 Å². The highest BCUT2D eigenvalue weighted by Gasteiger charge is 2.24. The van der Waals surface area contributed by atoms with Crippen LogP contribution >= 0.6 is 11.3 Å². The Hall–Kier alpha value is -1.63. The lowest BCUT2D eigenvalue weighted by atomic mass is 9.94. The van der Waals surface area contributed by atoms with Gasteiger partial charge in [-0.2, -0.15) is 0 Å². The number of allylic oxidation sites excluding steroid dienone is 2. The van der Waals surface area contributed by atoms with Crippen LogP contribution < -0.4 is 0 Å². The number of hydrogen-bond acceptors (Lipinski definition) is 4. The molecule has 2 aliphatic rings. The third-order valence-corrected chi connectivity index (χ3v) is 6.67. The molecule has 0 saturated carbocycles. The third kappa shape index (κ3) is 4.28. The Morgan fingerprint density at radius 1 is 1.33 bits per heavy atom. The molecule has 1 amide bonds. The van der Waals surface area contributed by atoms with Crippen molar-refractivity contribution in [2.45, 2.75) is 19.3 Å². The van der Waals surface area contributed by atoms with E-state index in [2.05, 4.69) is 44.0 Å². The Balaban J connectivity index is 1.49. The van der Waals surface area contributed by atoms with Crippen molar-refractivity contribution in [3.05, 3.63) is 35.4 Å². The number of aromatic nitrogens is 1. The highest BCUT2D eigenvalue weighted by molar-refractivity contribution is 7.17. The minimum Gasteiger partial charge on any atom is -0.379 e. The lowest BCUT2D eigenvalue weighted by Crippen LogP contribution is -2.44. The predicted octanol–water partition coefficient (Wildman–Crippen LogP) is 3.37. The SMILES string of the molecule is Cn1c(C(=O)N(CCN2CCOCC2)C[C@@H]2CC=CCC2)cc2sccc21. The van der Waals surface area contributed by atoms with Crippen molar-refractivity contribution in [2.24, 2.45) is 13.0 Å². The first-order valence-corrected chi connectivity index (χ1v) is 10.9. The van der Waals surface area contributed by atoms with E-state index in [-0.39, 0.29) is 5.91 Å². The average Bonchev–Trinajstić information content (AvgIpc) is 3.29. The summed E-state index contributed by atoms with van der Waals surface area (Å²) in [6, 6.07) is 4.16. The lowest BCUT2D eigenvalue weighted by molar-refractivity contribution is 0.0313. The molecule has 4 rings (SSSR count). The molecule has 0 spiro atoms.